The van der Waals surface area contributed by atoms with Crippen molar-refractivity contribution in [2.24, 2.45) is 22.7 Å². The van der Waals surface area contributed by atoms with Crippen LogP contribution in [0.2, 0.25) is 0 Å². The second kappa shape index (κ2) is 9.47. The third-order valence-corrected chi connectivity index (χ3v) is 5.41. The molecular formula is C22H26N2O6. The van der Waals surface area contributed by atoms with Crippen LogP contribution in [0.1, 0.15) is 33.6 Å². The first-order valence-electron chi connectivity index (χ1n) is 9.57. The van der Waals surface area contributed by atoms with Gasteiger partial charge in [-0.25, -0.2) is 0 Å². The van der Waals surface area contributed by atoms with Crippen molar-refractivity contribution in [1.82, 2.24) is 5.32 Å². The monoisotopic (exact) mass is 414 g/mol. The molecule has 2 rings (SSSR count). The zero-order valence-corrected chi connectivity index (χ0v) is 17.5. The average Bonchev–Trinajstić information content (AvgIpc) is 3.12. The number of ketones is 1. The van der Waals surface area contributed by atoms with E-state index in [2.05, 4.69) is 16.9 Å². The van der Waals surface area contributed by atoms with Crippen molar-refractivity contribution in [3.63, 3.8) is 0 Å². The Kier molecular flexibility index (Phi) is 7.26. The molecule has 2 N–H and O–H groups in total. The first kappa shape index (κ1) is 23.0. The van der Waals surface area contributed by atoms with Gasteiger partial charge in [-0.05, 0) is 38.0 Å². The topological polar surface area (TPSA) is 122 Å². The van der Waals surface area contributed by atoms with Gasteiger partial charge in [0, 0.05) is 40.9 Å². The van der Waals surface area contributed by atoms with Gasteiger partial charge < -0.3 is 15.2 Å². The minimum atomic E-state index is -1.11. The zero-order valence-electron chi connectivity index (χ0n) is 17.5. The first-order chi connectivity index (χ1) is 14.1. The van der Waals surface area contributed by atoms with Gasteiger partial charge >= 0.3 is 11.9 Å². The number of nitrogens with one attached hydrogen (secondary N) is 1. The fourth-order valence-electron chi connectivity index (χ4n) is 3.58. The molecule has 0 aromatic rings. The number of nitrogens with zero attached hydrogens (tertiary/aromatic N) is 1. The zero-order chi connectivity index (χ0) is 22.6. The van der Waals surface area contributed by atoms with Crippen molar-refractivity contribution in [3.05, 3.63) is 47.3 Å². The maximum atomic E-state index is 12.0. The lowest BCUT2D eigenvalue weighted by molar-refractivity contribution is -0.147. The number of carbonyl (C=O) groups excluding carboxylic acids is 3. The van der Waals surface area contributed by atoms with E-state index in [1.54, 1.807) is 13.0 Å². The number of carboxylic acids is 1. The van der Waals surface area contributed by atoms with Crippen LogP contribution in [0.3, 0.4) is 0 Å². The molecule has 0 bridgehead atoms. The van der Waals surface area contributed by atoms with Crippen LogP contribution in [0.25, 0.3) is 0 Å². The molecule has 0 fully saturated rings. The standard InChI is InChI=1S/C22H26N2O6/c1-6-14-11(2)18(24-21(14)28)10-17-12(3)15(7-8-20(26)27)19(23-17)9-16(13(4)25)22(29)30-5/h6,9-10,12,15-16H,1,7-8H2,2-5H3,(H,24,28)(H,26,27)/b18-10-,19-9+/t12-,15-,16+/m0/s1. The van der Waals surface area contributed by atoms with Gasteiger partial charge in [0.2, 0.25) is 0 Å². The van der Waals surface area contributed by atoms with Crippen LogP contribution in [0.15, 0.2) is 52.3 Å². The van der Waals surface area contributed by atoms with Crippen molar-refractivity contribution < 1.29 is 29.0 Å². The summed E-state index contributed by atoms with van der Waals surface area (Å²) in [7, 11) is 1.20. The van der Waals surface area contributed by atoms with Crippen molar-refractivity contribution in [2.75, 3.05) is 7.11 Å². The minimum Gasteiger partial charge on any atom is -0.481 e. The summed E-state index contributed by atoms with van der Waals surface area (Å²) in [5.74, 6) is -3.86. The number of carbonyl (C=O) groups is 4. The first-order valence-corrected chi connectivity index (χ1v) is 9.57. The summed E-state index contributed by atoms with van der Waals surface area (Å²) in [6, 6.07) is 0. The van der Waals surface area contributed by atoms with E-state index in [-0.39, 0.29) is 24.2 Å². The molecule has 0 aromatic carbocycles. The fourth-order valence-corrected chi connectivity index (χ4v) is 3.58. The number of aliphatic carboxylic acids is 1. The van der Waals surface area contributed by atoms with E-state index in [0.29, 0.717) is 29.1 Å². The van der Waals surface area contributed by atoms with Crippen molar-refractivity contribution in [1.29, 1.82) is 0 Å². The van der Waals surface area contributed by atoms with Gasteiger partial charge in [0.05, 0.1) is 7.11 Å². The number of amides is 1. The van der Waals surface area contributed by atoms with Crippen LogP contribution in [-0.4, -0.2) is 41.6 Å². The molecule has 2 heterocycles. The van der Waals surface area contributed by atoms with E-state index in [4.69, 9.17) is 9.84 Å². The van der Waals surface area contributed by atoms with Crippen molar-refractivity contribution >= 4 is 29.3 Å². The second-order valence-corrected chi connectivity index (χ2v) is 7.32. The minimum absolute atomic E-state index is 0.0784. The van der Waals surface area contributed by atoms with Gasteiger partial charge in [0.25, 0.3) is 5.91 Å². The number of Topliss-reactive ketones (excluding diaryl/α,β-unsaturated/α-hetero) is 1. The number of carboxylic acid groups (broad SMARTS) is 1. The molecule has 30 heavy (non-hydrogen) atoms. The number of aliphatic imine (C=N–C) groups is 1. The number of rotatable bonds is 8. The molecule has 2 aliphatic heterocycles. The van der Waals surface area contributed by atoms with E-state index in [1.165, 1.54) is 26.2 Å². The SMILES string of the molecule is C=CC1=C(C)/C(=C/C2=NC(=C/[C@H](C(C)=O)C(=O)OC)/[C@@H](CCC(=O)O)[C@@H]2C)NC1=O. The molecule has 0 aromatic heterocycles. The third-order valence-electron chi connectivity index (χ3n) is 5.41. The van der Waals surface area contributed by atoms with E-state index in [0.717, 1.165) is 5.57 Å². The molecule has 3 atom stereocenters. The second-order valence-electron chi connectivity index (χ2n) is 7.32. The third kappa shape index (κ3) is 4.82. The van der Waals surface area contributed by atoms with Crippen LogP contribution in [0.4, 0.5) is 0 Å². The van der Waals surface area contributed by atoms with Crippen LogP contribution in [-0.2, 0) is 23.9 Å². The van der Waals surface area contributed by atoms with E-state index in [9.17, 15) is 19.2 Å². The number of ether oxygens (including phenoxy) is 1. The van der Waals surface area contributed by atoms with E-state index in [1.807, 2.05) is 6.92 Å². The highest BCUT2D eigenvalue weighted by Gasteiger charge is 2.34. The van der Waals surface area contributed by atoms with E-state index >= 15 is 0 Å². The Balaban J connectivity index is 2.48. The number of hydrogen-bond donors (Lipinski definition) is 2. The molecule has 8 nitrogen and oxygen atoms in total. The van der Waals surface area contributed by atoms with Gasteiger partial charge in [-0.15, -0.1) is 0 Å². The van der Waals surface area contributed by atoms with Crippen LogP contribution >= 0.6 is 0 Å². The van der Waals surface area contributed by atoms with Crippen molar-refractivity contribution in [3.8, 4) is 0 Å². The lowest BCUT2D eigenvalue weighted by Crippen LogP contribution is -2.23. The smallest absolute Gasteiger partial charge is 0.320 e. The molecule has 160 valence electrons. The highest BCUT2D eigenvalue weighted by molar-refractivity contribution is 6.06. The summed E-state index contributed by atoms with van der Waals surface area (Å²) in [6.45, 7) is 8.62. The average molecular weight is 414 g/mol. The number of allylic oxidation sites excluding steroid dienone is 3. The van der Waals surface area contributed by atoms with Gasteiger partial charge in [-0.1, -0.05) is 19.6 Å². The molecule has 0 aliphatic carbocycles. The van der Waals surface area contributed by atoms with Gasteiger partial charge in [0.1, 0.15) is 11.7 Å². The highest BCUT2D eigenvalue weighted by atomic mass is 16.5. The van der Waals surface area contributed by atoms with Gasteiger partial charge in [-0.3, -0.25) is 24.2 Å². The Morgan fingerprint density at radius 1 is 1.37 bits per heavy atom. The largest absolute Gasteiger partial charge is 0.481 e. The normalized spacial score (nSPS) is 24.7. The summed E-state index contributed by atoms with van der Waals surface area (Å²) in [5, 5.41) is 11.9. The van der Waals surface area contributed by atoms with E-state index < -0.39 is 23.6 Å². The number of methoxy groups -OCH3 is 1. The summed E-state index contributed by atoms with van der Waals surface area (Å²) in [5.41, 5.74) is 2.91. The Morgan fingerprint density at radius 2 is 2.03 bits per heavy atom. The highest BCUT2D eigenvalue weighted by Crippen LogP contribution is 2.36. The maximum absolute atomic E-state index is 12.0. The maximum Gasteiger partial charge on any atom is 0.320 e. The van der Waals surface area contributed by atoms with Crippen LogP contribution in [0.5, 0.6) is 0 Å². The fraction of sp³-hybridized carbons (Fsp3) is 0.409. The number of esters is 1. The van der Waals surface area contributed by atoms with Crippen molar-refractivity contribution in [2.45, 2.75) is 33.6 Å². The molecule has 2 aliphatic rings. The summed E-state index contributed by atoms with van der Waals surface area (Å²) in [4.78, 5) is 51.7. The number of hydrogen-bond acceptors (Lipinski definition) is 6. The van der Waals surface area contributed by atoms with Gasteiger partial charge in [0.15, 0.2) is 0 Å². The molecular weight excluding hydrogens is 388 g/mol. The predicted molar refractivity (Wildman–Crippen MR) is 110 cm³/mol. The molecule has 0 spiro atoms. The molecule has 0 saturated heterocycles. The lowest BCUT2D eigenvalue weighted by Gasteiger charge is -2.17. The van der Waals surface area contributed by atoms with Gasteiger partial charge in [-0.2, -0.15) is 0 Å². The lowest BCUT2D eigenvalue weighted by atomic mass is 9.85. The summed E-state index contributed by atoms with van der Waals surface area (Å²) >= 11 is 0. The molecule has 0 unspecified atom stereocenters. The predicted octanol–water partition coefficient (Wildman–Crippen LogP) is 2.34. The quantitative estimate of drug-likeness (QED) is 0.464. The molecule has 0 radical (unpaired) electrons. The Hall–Kier alpha value is -3.29. The van der Waals surface area contributed by atoms with Crippen LogP contribution in [0, 0.1) is 17.8 Å². The summed E-state index contributed by atoms with van der Waals surface area (Å²) in [6.07, 6.45) is 4.90. The Morgan fingerprint density at radius 3 is 2.53 bits per heavy atom. The Bertz CT molecular complexity index is 922. The summed E-state index contributed by atoms with van der Waals surface area (Å²) < 4.78 is 4.71. The Labute approximate surface area is 175 Å². The van der Waals surface area contributed by atoms with Crippen LogP contribution < -0.4 is 5.32 Å². The molecule has 0 saturated carbocycles. The molecule has 1 amide bonds. The molecule has 8 heteroatoms.